The Hall–Kier alpha value is -3.23. The van der Waals surface area contributed by atoms with Crippen molar-refractivity contribution in [3.8, 4) is 0 Å². The Kier molecular flexibility index (Phi) is 36.7. The quantitative estimate of drug-likeness (QED) is 0.0112. The van der Waals surface area contributed by atoms with Gasteiger partial charge >= 0.3 is 19.8 Å². The number of allylic oxidation sites excluding steroid dienone is 16. The highest BCUT2D eigenvalue weighted by molar-refractivity contribution is 7.47. The van der Waals surface area contributed by atoms with Crippen LogP contribution in [-0.4, -0.2) is 98.3 Å². The topological polar surface area (TPSA) is 210 Å². The number of carbonyl (C=O) groups excluding carboxylic acids is 2. The zero-order chi connectivity index (χ0) is 47.8. The molecule has 1 fully saturated rings. The molecule has 0 bridgehead atoms. The molecule has 1 saturated carbocycles. The Morgan fingerprint density at radius 2 is 0.908 bits per heavy atom. The second-order valence-corrected chi connectivity index (χ2v) is 17.7. The van der Waals surface area contributed by atoms with E-state index in [1.807, 2.05) is 42.5 Å². The minimum absolute atomic E-state index is 0.0443. The van der Waals surface area contributed by atoms with E-state index < -0.39 is 75.7 Å². The second-order valence-electron chi connectivity index (χ2n) is 16.3. The molecule has 0 saturated heterocycles. The highest BCUT2D eigenvalue weighted by Crippen LogP contribution is 2.47. The molecule has 0 heterocycles. The lowest BCUT2D eigenvalue weighted by atomic mass is 9.85. The van der Waals surface area contributed by atoms with Gasteiger partial charge in [-0.25, -0.2) is 4.57 Å². The first-order chi connectivity index (χ1) is 31.4. The Morgan fingerprint density at radius 1 is 0.492 bits per heavy atom. The molecule has 1 aliphatic carbocycles. The summed E-state index contributed by atoms with van der Waals surface area (Å²) in [6.45, 7) is 3.00. The molecule has 1 aliphatic rings. The summed E-state index contributed by atoms with van der Waals surface area (Å²) in [5, 5.41) is 50.2. The maximum atomic E-state index is 12.8. The predicted molar refractivity (Wildman–Crippen MR) is 258 cm³/mol. The summed E-state index contributed by atoms with van der Waals surface area (Å²) >= 11 is 0. The third kappa shape index (κ3) is 32.2. The van der Waals surface area contributed by atoms with Crippen LogP contribution in [0.2, 0.25) is 0 Å². The SMILES string of the molecule is CC/C=C/C=C/C=C/C=C/CCCCCC(=O)OC(COC(=O)CCCCCCCCCCCC/C=C/C/C=C/C/C=C/C/C=C/CC)COP(=O)(O)OC1C(O)C(O)C(O)[C@H](O)C1O. The monoisotopic (exact) mass is 935 g/mol. The summed E-state index contributed by atoms with van der Waals surface area (Å²) in [7, 11) is -5.14. The first-order valence-electron chi connectivity index (χ1n) is 24.1. The van der Waals surface area contributed by atoms with Gasteiger partial charge in [-0.2, -0.15) is 0 Å². The largest absolute Gasteiger partial charge is 0.472 e. The third-order valence-corrected chi connectivity index (χ3v) is 11.5. The van der Waals surface area contributed by atoms with Crippen molar-refractivity contribution >= 4 is 19.8 Å². The normalized spacial score (nSPS) is 22.3. The van der Waals surface area contributed by atoms with E-state index >= 15 is 0 Å². The summed E-state index contributed by atoms with van der Waals surface area (Å²) in [5.74, 6) is -1.16. The number of aliphatic hydroxyl groups excluding tert-OH is 5. The van der Waals surface area contributed by atoms with E-state index in [4.69, 9.17) is 18.5 Å². The number of carbonyl (C=O) groups is 2. The summed E-state index contributed by atoms with van der Waals surface area (Å²) in [5.41, 5.74) is 0. The zero-order valence-electron chi connectivity index (χ0n) is 39.2. The minimum Gasteiger partial charge on any atom is -0.462 e. The van der Waals surface area contributed by atoms with Crippen molar-refractivity contribution in [3.05, 3.63) is 97.2 Å². The average molecular weight is 935 g/mol. The molecule has 6 N–H and O–H groups in total. The van der Waals surface area contributed by atoms with Crippen LogP contribution < -0.4 is 0 Å². The molecular weight excluding hydrogens is 852 g/mol. The predicted octanol–water partition coefficient (Wildman–Crippen LogP) is 9.83. The van der Waals surface area contributed by atoms with Crippen LogP contribution in [0.1, 0.15) is 155 Å². The van der Waals surface area contributed by atoms with E-state index in [9.17, 15) is 44.6 Å². The first kappa shape index (κ1) is 59.8. The Bertz CT molecular complexity index is 1500. The average Bonchev–Trinajstić information content (AvgIpc) is 3.29. The smallest absolute Gasteiger partial charge is 0.462 e. The Morgan fingerprint density at radius 3 is 1.46 bits per heavy atom. The van der Waals surface area contributed by atoms with Crippen LogP contribution in [0.3, 0.4) is 0 Å². The van der Waals surface area contributed by atoms with Gasteiger partial charge in [0.25, 0.3) is 0 Å². The van der Waals surface area contributed by atoms with Crippen molar-refractivity contribution in [2.75, 3.05) is 13.2 Å². The first-order valence-corrected chi connectivity index (χ1v) is 25.6. The molecule has 0 aromatic heterocycles. The zero-order valence-corrected chi connectivity index (χ0v) is 40.1. The lowest BCUT2D eigenvalue weighted by Gasteiger charge is -2.41. The molecule has 0 radical (unpaired) electrons. The molecular formula is C51H83O13P. The van der Waals surface area contributed by atoms with Crippen LogP contribution >= 0.6 is 7.82 Å². The molecule has 0 aromatic rings. The van der Waals surface area contributed by atoms with E-state index in [2.05, 4.69) is 68.5 Å². The fourth-order valence-electron chi connectivity index (χ4n) is 6.70. The second kappa shape index (κ2) is 39.9. The van der Waals surface area contributed by atoms with Crippen molar-refractivity contribution in [2.45, 2.75) is 198 Å². The number of hydrogen-bond acceptors (Lipinski definition) is 12. The number of aliphatic hydroxyl groups is 5. The van der Waals surface area contributed by atoms with Crippen LogP contribution in [0.15, 0.2) is 97.2 Å². The number of unbranched alkanes of at least 4 members (excludes halogenated alkanes) is 13. The maximum Gasteiger partial charge on any atom is 0.472 e. The molecule has 7 unspecified atom stereocenters. The van der Waals surface area contributed by atoms with Gasteiger partial charge < -0.3 is 39.9 Å². The van der Waals surface area contributed by atoms with Crippen LogP contribution in [-0.2, 0) is 32.7 Å². The Labute approximate surface area is 390 Å². The number of esters is 2. The minimum atomic E-state index is -5.14. The lowest BCUT2D eigenvalue weighted by molar-refractivity contribution is -0.220. The highest BCUT2D eigenvalue weighted by atomic mass is 31.2. The fourth-order valence-corrected chi connectivity index (χ4v) is 7.67. The van der Waals surface area contributed by atoms with Gasteiger partial charge in [0, 0.05) is 12.8 Å². The Balaban J connectivity index is 2.41. The fraction of sp³-hybridized carbons (Fsp3) is 0.647. The molecule has 370 valence electrons. The van der Waals surface area contributed by atoms with E-state index in [0.717, 1.165) is 83.5 Å². The van der Waals surface area contributed by atoms with E-state index in [1.165, 1.54) is 32.1 Å². The standard InChI is InChI=1S/C51H83O13P/c1-3-5-7-9-11-13-15-17-18-19-20-21-22-23-24-25-26-28-29-31-33-35-37-39-44(52)61-41-43(42-62-65(59,60)64-51-49(57)47(55)46(54)48(56)50(51)58)63-45(53)40-38-36-34-32-30-27-16-14-12-10-8-6-4-2/h5-8,10-14,16-18,20-21,27,30,43,46-51,54-58H,3-4,9,15,19,22-26,28-29,31-42H2,1-2H3,(H,59,60)/b7-5+,8-6+,12-10+,13-11+,16-14+,18-17+,21-20+,30-27+/t43?,46?,47-,48?,49?,50?,51?/m0/s1. The van der Waals surface area contributed by atoms with Crippen LogP contribution in [0.5, 0.6) is 0 Å². The van der Waals surface area contributed by atoms with Crippen LogP contribution in [0, 0.1) is 0 Å². The van der Waals surface area contributed by atoms with Gasteiger partial charge in [-0.1, -0.05) is 169 Å². The van der Waals surface area contributed by atoms with E-state index in [0.29, 0.717) is 12.8 Å². The van der Waals surface area contributed by atoms with Gasteiger partial charge in [-0.15, -0.1) is 0 Å². The van der Waals surface area contributed by atoms with Gasteiger partial charge in [0.2, 0.25) is 0 Å². The summed E-state index contributed by atoms with van der Waals surface area (Å²) in [6.07, 6.45) is 40.4. The number of ether oxygens (including phenoxy) is 2. The number of hydrogen-bond donors (Lipinski definition) is 6. The number of phosphoric acid groups is 1. The molecule has 8 atom stereocenters. The molecule has 0 amide bonds. The van der Waals surface area contributed by atoms with Crippen molar-refractivity contribution in [2.24, 2.45) is 0 Å². The van der Waals surface area contributed by atoms with Crippen molar-refractivity contribution < 1.29 is 63.1 Å². The van der Waals surface area contributed by atoms with Gasteiger partial charge in [-0.05, 0) is 70.6 Å². The summed E-state index contributed by atoms with van der Waals surface area (Å²) in [6, 6.07) is 0. The number of phosphoric ester groups is 1. The molecule has 0 aliphatic heterocycles. The molecule has 1 rings (SSSR count). The van der Waals surface area contributed by atoms with Crippen molar-refractivity contribution in [1.82, 2.24) is 0 Å². The lowest BCUT2D eigenvalue weighted by Crippen LogP contribution is -2.64. The summed E-state index contributed by atoms with van der Waals surface area (Å²) < 4.78 is 33.5. The molecule has 0 aromatic carbocycles. The molecule has 14 heteroatoms. The molecule has 13 nitrogen and oxygen atoms in total. The number of rotatable bonds is 38. The van der Waals surface area contributed by atoms with Gasteiger partial charge in [0.15, 0.2) is 6.10 Å². The van der Waals surface area contributed by atoms with Gasteiger partial charge in [-0.3, -0.25) is 18.6 Å². The van der Waals surface area contributed by atoms with Crippen LogP contribution in [0.4, 0.5) is 0 Å². The van der Waals surface area contributed by atoms with Crippen LogP contribution in [0.25, 0.3) is 0 Å². The third-order valence-electron chi connectivity index (χ3n) is 10.5. The van der Waals surface area contributed by atoms with Crippen molar-refractivity contribution in [1.29, 1.82) is 0 Å². The maximum absolute atomic E-state index is 12.8. The van der Waals surface area contributed by atoms with Crippen molar-refractivity contribution in [3.63, 3.8) is 0 Å². The van der Waals surface area contributed by atoms with Gasteiger partial charge in [0.1, 0.15) is 43.2 Å². The summed E-state index contributed by atoms with van der Waals surface area (Å²) in [4.78, 5) is 35.7. The highest BCUT2D eigenvalue weighted by Gasteiger charge is 2.51. The van der Waals surface area contributed by atoms with Gasteiger partial charge in [0.05, 0.1) is 6.61 Å². The molecule has 0 spiro atoms. The van der Waals surface area contributed by atoms with E-state index in [-0.39, 0.29) is 12.8 Å². The molecule has 65 heavy (non-hydrogen) atoms. The van der Waals surface area contributed by atoms with E-state index in [1.54, 1.807) is 0 Å².